The maximum absolute atomic E-state index is 11.5. The average Bonchev–Trinajstić information content (AvgIpc) is 2.68. The van der Waals surface area contributed by atoms with Gasteiger partial charge in [-0.15, -0.1) is 11.3 Å². The van der Waals surface area contributed by atoms with Crippen LogP contribution in [0.4, 0.5) is 0 Å². The number of rotatable bonds is 6. The van der Waals surface area contributed by atoms with E-state index in [1.54, 1.807) is 6.92 Å². The van der Waals surface area contributed by atoms with Crippen molar-refractivity contribution in [2.24, 2.45) is 0 Å². The lowest BCUT2D eigenvalue weighted by atomic mass is 10.2. The fourth-order valence-electron chi connectivity index (χ4n) is 1.89. The molecule has 0 aliphatic heterocycles. The molecule has 0 radical (unpaired) electrons. The Hall–Kier alpha value is -0.910. The van der Waals surface area contributed by atoms with Gasteiger partial charge in [-0.25, -0.2) is 4.79 Å². The van der Waals surface area contributed by atoms with E-state index in [2.05, 4.69) is 18.7 Å². The lowest BCUT2D eigenvalue weighted by Crippen LogP contribution is -2.36. The van der Waals surface area contributed by atoms with Gasteiger partial charge in [0.25, 0.3) is 0 Å². The second-order valence-electron chi connectivity index (χ2n) is 5.06. The standard InChI is InChI=1S/C14H23NO3S/c1-9(2)15(7-10(3)16)8-12-6-13(14(17)18-5)19-11(12)4/h6,9-10,16H,7-8H2,1-5H3. The first-order chi connectivity index (χ1) is 8.85. The molecule has 0 spiro atoms. The highest BCUT2D eigenvalue weighted by molar-refractivity contribution is 7.14. The molecule has 108 valence electrons. The zero-order valence-corrected chi connectivity index (χ0v) is 13.1. The van der Waals surface area contributed by atoms with Crippen LogP contribution < -0.4 is 0 Å². The number of ether oxygens (including phenoxy) is 1. The normalized spacial score (nSPS) is 13.1. The van der Waals surface area contributed by atoms with Gasteiger partial charge < -0.3 is 9.84 Å². The molecule has 0 bridgehead atoms. The van der Waals surface area contributed by atoms with Gasteiger partial charge in [0.05, 0.1) is 13.2 Å². The molecular weight excluding hydrogens is 262 g/mol. The van der Waals surface area contributed by atoms with Crippen LogP contribution in [0, 0.1) is 6.92 Å². The first kappa shape index (κ1) is 16.1. The monoisotopic (exact) mass is 285 g/mol. The first-order valence-electron chi connectivity index (χ1n) is 6.44. The Balaban J connectivity index is 2.84. The minimum absolute atomic E-state index is 0.286. The number of aliphatic hydroxyl groups excluding tert-OH is 1. The Morgan fingerprint density at radius 2 is 2.11 bits per heavy atom. The summed E-state index contributed by atoms with van der Waals surface area (Å²) in [6, 6.07) is 2.24. The number of carbonyl (C=O) groups is 1. The molecule has 5 heteroatoms. The summed E-state index contributed by atoms with van der Waals surface area (Å²) in [5.41, 5.74) is 1.12. The third-order valence-corrected chi connectivity index (χ3v) is 4.08. The fourth-order valence-corrected chi connectivity index (χ4v) is 2.85. The molecule has 0 aliphatic carbocycles. The molecule has 0 saturated heterocycles. The number of hydrogen-bond acceptors (Lipinski definition) is 5. The van der Waals surface area contributed by atoms with Gasteiger partial charge in [0.1, 0.15) is 4.88 Å². The molecule has 1 heterocycles. The number of hydrogen-bond donors (Lipinski definition) is 1. The van der Waals surface area contributed by atoms with Gasteiger partial charge in [-0.3, -0.25) is 4.90 Å². The highest BCUT2D eigenvalue weighted by Gasteiger charge is 2.17. The van der Waals surface area contributed by atoms with Gasteiger partial charge >= 0.3 is 5.97 Å². The highest BCUT2D eigenvalue weighted by atomic mass is 32.1. The zero-order valence-electron chi connectivity index (χ0n) is 12.3. The van der Waals surface area contributed by atoms with Crippen molar-refractivity contribution in [3.63, 3.8) is 0 Å². The molecule has 0 fully saturated rings. The Morgan fingerprint density at radius 1 is 1.47 bits per heavy atom. The fraction of sp³-hybridized carbons (Fsp3) is 0.643. The second-order valence-corrected chi connectivity index (χ2v) is 6.31. The minimum atomic E-state index is -0.360. The summed E-state index contributed by atoms with van der Waals surface area (Å²) in [6.07, 6.45) is -0.360. The summed E-state index contributed by atoms with van der Waals surface area (Å²) in [5, 5.41) is 9.54. The van der Waals surface area contributed by atoms with Crippen molar-refractivity contribution in [1.29, 1.82) is 0 Å². The predicted octanol–water partition coefficient (Wildman–Crippen LogP) is 2.43. The van der Waals surface area contributed by atoms with E-state index in [1.165, 1.54) is 18.4 Å². The Kier molecular flexibility index (Phi) is 5.97. The van der Waals surface area contributed by atoms with Crippen LogP contribution in [-0.2, 0) is 11.3 Å². The number of aliphatic hydroxyl groups is 1. The molecule has 1 atom stereocenters. The van der Waals surface area contributed by atoms with Crippen molar-refractivity contribution in [3.05, 3.63) is 21.4 Å². The van der Waals surface area contributed by atoms with Crippen molar-refractivity contribution in [2.75, 3.05) is 13.7 Å². The van der Waals surface area contributed by atoms with E-state index in [1.807, 2.05) is 13.0 Å². The molecule has 0 aromatic carbocycles. The maximum Gasteiger partial charge on any atom is 0.348 e. The third kappa shape index (κ3) is 4.60. The van der Waals surface area contributed by atoms with Crippen molar-refractivity contribution >= 4 is 17.3 Å². The van der Waals surface area contributed by atoms with Crippen LogP contribution >= 0.6 is 11.3 Å². The highest BCUT2D eigenvalue weighted by Crippen LogP contribution is 2.24. The number of methoxy groups -OCH3 is 1. The summed E-state index contributed by atoms with van der Waals surface area (Å²) >= 11 is 1.46. The first-order valence-corrected chi connectivity index (χ1v) is 7.26. The summed E-state index contributed by atoms with van der Waals surface area (Å²) in [7, 11) is 1.39. The maximum atomic E-state index is 11.5. The molecule has 1 N–H and O–H groups in total. The summed E-state index contributed by atoms with van der Waals surface area (Å²) < 4.78 is 4.74. The Morgan fingerprint density at radius 3 is 2.58 bits per heavy atom. The zero-order chi connectivity index (χ0) is 14.6. The summed E-state index contributed by atoms with van der Waals surface area (Å²) in [4.78, 5) is 15.5. The molecule has 19 heavy (non-hydrogen) atoms. The van der Waals surface area contributed by atoms with Gasteiger partial charge in [-0.2, -0.15) is 0 Å². The molecule has 1 unspecified atom stereocenters. The van der Waals surface area contributed by atoms with Crippen LogP contribution in [0.3, 0.4) is 0 Å². The molecule has 0 saturated carbocycles. The molecule has 1 aromatic heterocycles. The molecule has 0 amide bonds. The lowest BCUT2D eigenvalue weighted by molar-refractivity contribution is 0.0606. The van der Waals surface area contributed by atoms with Crippen molar-refractivity contribution in [3.8, 4) is 0 Å². The Labute approximate surface area is 119 Å². The van der Waals surface area contributed by atoms with E-state index in [0.29, 0.717) is 17.5 Å². The largest absolute Gasteiger partial charge is 0.465 e. The SMILES string of the molecule is COC(=O)c1cc(CN(CC(C)O)C(C)C)c(C)s1. The van der Waals surface area contributed by atoms with Gasteiger partial charge in [0.2, 0.25) is 0 Å². The molecule has 1 rings (SSSR count). The van der Waals surface area contributed by atoms with Crippen LogP contribution in [0.25, 0.3) is 0 Å². The van der Waals surface area contributed by atoms with Gasteiger partial charge in [-0.05, 0) is 39.3 Å². The van der Waals surface area contributed by atoms with Crippen LogP contribution in [0.1, 0.15) is 40.9 Å². The lowest BCUT2D eigenvalue weighted by Gasteiger charge is -2.27. The Bertz CT molecular complexity index is 426. The van der Waals surface area contributed by atoms with Crippen LogP contribution in [0.5, 0.6) is 0 Å². The topological polar surface area (TPSA) is 49.8 Å². The third-order valence-electron chi connectivity index (χ3n) is 3.01. The van der Waals surface area contributed by atoms with E-state index in [4.69, 9.17) is 4.74 Å². The van der Waals surface area contributed by atoms with Crippen molar-refractivity contribution in [1.82, 2.24) is 4.90 Å². The smallest absolute Gasteiger partial charge is 0.348 e. The van der Waals surface area contributed by atoms with E-state index in [-0.39, 0.29) is 12.1 Å². The number of aryl methyl sites for hydroxylation is 1. The summed E-state index contributed by atoms with van der Waals surface area (Å²) in [6.45, 7) is 9.36. The van der Waals surface area contributed by atoms with Gasteiger partial charge in [-0.1, -0.05) is 0 Å². The summed E-state index contributed by atoms with van der Waals surface area (Å²) in [5.74, 6) is -0.286. The van der Waals surface area contributed by atoms with Gasteiger partial charge in [0, 0.05) is 24.0 Å². The van der Waals surface area contributed by atoms with E-state index in [9.17, 15) is 9.90 Å². The molecule has 0 aliphatic rings. The van der Waals surface area contributed by atoms with Crippen molar-refractivity contribution in [2.45, 2.75) is 46.4 Å². The average molecular weight is 285 g/mol. The molecule has 4 nitrogen and oxygen atoms in total. The number of esters is 1. The number of carbonyl (C=O) groups excluding carboxylic acids is 1. The number of nitrogens with zero attached hydrogens (tertiary/aromatic N) is 1. The minimum Gasteiger partial charge on any atom is -0.465 e. The van der Waals surface area contributed by atoms with Crippen LogP contribution in [-0.4, -0.2) is 41.8 Å². The van der Waals surface area contributed by atoms with Gasteiger partial charge in [0.15, 0.2) is 0 Å². The van der Waals surface area contributed by atoms with E-state index >= 15 is 0 Å². The van der Waals surface area contributed by atoms with E-state index in [0.717, 1.165) is 17.0 Å². The second kappa shape index (κ2) is 7.03. The molecular formula is C14H23NO3S. The van der Waals surface area contributed by atoms with Crippen molar-refractivity contribution < 1.29 is 14.6 Å². The molecule has 1 aromatic rings. The number of thiophene rings is 1. The quantitative estimate of drug-likeness (QED) is 0.816. The van der Waals surface area contributed by atoms with E-state index < -0.39 is 0 Å². The predicted molar refractivity (Wildman–Crippen MR) is 77.6 cm³/mol. The van der Waals surface area contributed by atoms with Crippen LogP contribution in [0.2, 0.25) is 0 Å². The van der Waals surface area contributed by atoms with Crippen LogP contribution in [0.15, 0.2) is 6.07 Å².